The molecule has 1 amide bonds. The number of nitro benzene ring substituents is 2. The van der Waals surface area contributed by atoms with E-state index in [0.717, 1.165) is 19.2 Å². The molecule has 1 rings (SSSR count). The zero-order valence-electron chi connectivity index (χ0n) is 11.1. The SMILES string of the molecule is COC(=O)C(C)NC(=O)c1ccc([N+](=O)[O-])cc1[N+](=O)[O-]. The lowest BCUT2D eigenvalue weighted by molar-refractivity contribution is -0.394. The third-order valence-corrected chi connectivity index (χ3v) is 2.54. The number of ether oxygens (including phenoxy) is 1. The van der Waals surface area contributed by atoms with E-state index >= 15 is 0 Å². The summed E-state index contributed by atoms with van der Waals surface area (Å²) in [5, 5.41) is 23.7. The minimum absolute atomic E-state index is 0.388. The van der Waals surface area contributed by atoms with Gasteiger partial charge in [0.05, 0.1) is 23.0 Å². The van der Waals surface area contributed by atoms with Crippen molar-refractivity contribution in [2.45, 2.75) is 13.0 Å². The van der Waals surface area contributed by atoms with E-state index in [1.807, 2.05) is 0 Å². The number of rotatable bonds is 5. The number of carbonyl (C=O) groups excluding carboxylic acids is 2. The first kappa shape index (κ1) is 16.0. The smallest absolute Gasteiger partial charge is 0.328 e. The predicted molar refractivity (Wildman–Crippen MR) is 68.7 cm³/mol. The van der Waals surface area contributed by atoms with Crippen LogP contribution in [0.25, 0.3) is 0 Å². The van der Waals surface area contributed by atoms with Crippen LogP contribution in [-0.2, 0) is 9.53 Å². The van der Waals surface area contributed by atoms with Crippen molar-refractivity contribution in [1.82, 2.24) is 5.32 Å². The number of nitrogens with zero attached hydrogens (tertiary/aromatic N) is 2. The molecule has 0 saturated carbocycles. The van der Waals surface area contributed by atoms with E-state index in [1.54, 1.807) is 0 Å². The van der Waals surface area contributed by atoms with Gasteiger partial charge >= 0.3 is 5.97 Å². The molecule has 21 heavy (non-hydrogen) atoms. The van der Waals surface area contributed by atoms with Crippen LogP contribution in [0.2, 0.25) is 0 Å². The number of amides is 1. The Morgan fingerprint density at radius 2 is 1.86 bits per heavy atom. The molecule has 1 unspecified atom stereocenters. The maximum atomic E-state index is 11.9. The summed E-state index contributed by atoms with van der Waals surface area (Å²) in [5.74, 6) is -1.64. The molecule has 0 aliphatic carbocycles. The van der Waals surface area contributed by atoms with Crippen LogP contribution in [0.1, 0.15) is 17.3 Å². The number of nitrogens with one attached hydrogen (secondary N) is 1. The molecule has 0 aliphatic heterocycles. The highest BCUT2D eigenvalue weighted by molar-refractivity contribution is 6.00. The molecule has 0 radical (unpaired) electrons. The van der Waals surface area contributed by atoms with Crippen LogP contribution in [0.5, 0.6) is 0 Å². The summed E-state index contributed by atoms with van der Waals surface area (Å²) >= 11 is 0. The zero-order chi connectivity index (χ0) is 16.2. The number of esters is 1. The highest BCUT2D eigenvalue weighted by Gasteiger charge is 2.26. The van der Waals surface area contributed by atoms with E-state index in [4.69, 9.17) is 0 Å². The van der Waals surface area contributed by atoms with Gasteiger partial charge in [0.1, 0.15) is 11.6 Å². The Morgan fingerprint density at radius 1 is 1.24 bits per heavy atom. The van der Waals surface area contributed by atoms with E-state index in [0.29, 0.717) is 6.07 Å². The van der Waals surface area contributed by atoms with Crippen molar-refractivity contribution in [1.29, 1.82) is 0 Å². The fourth-order valence-electron chi connectivity index (χ4n) is 1.49. The lowest BCUT2D eigenvalue weighted by Gasteiger charge is -2.11. The van der Waals surface area contributed by atoms with Gasteiger partial charge in [0.25, 0.3) is 17.3 Å². The molecule has 10 nitrogen and oxygen atoms in total. The van der Waals surface area contributed by atoms with E-state index in [9.17, 15) is 29.8 Å². The number of methoxy groups -OCH3 is 1. The summed E-state index contributed by atoms with van der Waals surface area (Å²) in [4.78, 5) is 42.8. The van der Waals surface area contributed by atoms with E-state index in [1.165, 1.54) is 6.92 Å². The molecule has 10 heteroatoms. The number of non-ortho nitro benzene ring substituents is 1. The van der Waals surface area contributed by atoms with Gasteiger partial charge < -0.3 is 10.1 Å². The minimum Gasteiger partial charge on any atom is -0.467 e. The van der Waals surface area contributed by atoms with Gasteiger partial charge in [-0.15, -0.1) is 0 Å². The molecule has 0 aromatic heterocycles. The lowest BCUT2D eigenvalue weighted by atomic mass is 10.1. The summed E-state index contributed by atoms with van der Waals surface area (Å²) in [6, 6.07) is 1.58. The van der Waals surface area contributed by atoms with E-state index < -0.39 is 39.1 Å². The fourth-order valence-corrected chi connectivity index (χ4v) is 1.49. The number of benzene rings is 1. The van der Waals surface area contributed by atoms with Gasteiger partial charge in [0.2, 0.25) is 0 Å². The van der Waals surface area contributed by atoms with Crippen molar-refractivity contribution in [3.05, 3.63) is 44.0 Å². The number of nitro groups is 2. The lowest BCUT2D eigenvalue weighted by Crippen LogP contribution is -2.39. The molecular formula is C11H11N3O7. The Kier molecular flexibility index (Phi) is 4.89. The van der Waals surface area contributed by atoms with Gasteiger partial charge in [-0.1, -0.05) is 0 Å². The largest absolute Gasteiger partial charge is 0.467 e. The van der Waals surface area contributed by atoms with E-state index in [-0.39, 0.29) is 5.56 Å². The quantitative estimate of drug-likeness (QED) is 0.481. The van der Waals surface area contributed by atoms with Gasteiger partial charge in [-0.3, -0.25) is 25.0 Å². The maximum Gasteiger partial charge on any atom is 0.328 e. The van der Waals surface area contributed by atoms with Crippen molar-refractivity contribution in [3.63, 3.8) is 0 Å². The van der Waals surface area contributed by atoms with Crippen LogP contribution in [0.4, 0.5) is 11.4 Å². The molecular weight excluding hydrogens is 286 g/mol. The molecule has 1 atom stereocenters. The second kappa shape index (κ2) is 6.41. The first-order chi connectivity index (χ1) is 9.77. The summed E-state index contributed by atoms with van der Waals surface area (Å²) in [6.07, 6.45) is 0. The van der Waals surface area contributed by atoms with Gasteiger partial charge in [-0.25, -0.2) is 4.79 Å². The maximum absolute atomic E-state index is 11.9. The Bertz CT molecular complexity index is 614. The Labute approximate surface area is 118 Å². The van der Waals surface area contributed by atoms with Crippen LogP contribution in [-0.4, -0.2) is 34.9 Å². The van der Waals surface area contributed by atoms with Crippen LogP contribution in [0.3, 0.4) is 0 Å². The second-order valence-electron chi connectivity index (χ2n) is 3.93. The van der Waals surface area contributed by atoms with Gasteiger partial charge in [-0.2, -0.15) is 0 Å². The van der Waals surface area contributed by atoms with Crippen LogP contribution >= 0.6 is 0 Å². The molecule has 0 bridgehead atoms. The molecule has 1 aromatic rings. The molecule has 0 saturated heterocycles. The minimum atomic E-state index is -1.02. The van der Waals surface area contributed by atoms with Crippen molar-refractivity contribution in [3.8, 4) is 0 Å². The Balaban J connectivity index is 3.12. The van der Waals surface area contributed by atoms with Crippen molar-refractivity contribution in [2.75, 3.05) is 7.11 Å². The molecule has 0 heterocycles. The average Bonchev–Trinajstić information content (AvgIpc) is 2.45. The first-order valence-corrected chi connectivity index (χ1v) is 5.59. The second-order valence-corrected chi connectivity index (χ2v) is 3.93. The van der Waals surface area contributed by atoms with Crippen molar-refractivity contribution < 1.29 is 24.2 Å². The Hall–Kier alpha value is -3.04. The number of hydrogen-bond donors (Lipinski definition) is 1. The third kappa shape index (κ3) is 3.72. The number of carbonyl (C=O) groups is 2. The normalized spacial score (nSPS) is 11.3. The molecule has 1 aromatic carbocycles. The molecule has 0 fully saturated rings. The third-order valence-electron chi connectivity index (χ3n) is 2.54. The van der Waals surface area contributed by atoms with Gasteiger partial charge in [0, 0.05) is 6.07 Å². The molecule has 112 valence electrons. The number of hydrogen-bond acceptors (Lipinski definition) is 7. The summed E-state index contributed by atoms with van der Waals surface area (Å²) in [7, 11) is 1.12. The monoisotopic (exact) mass is 297 g/mol. The van der Waals surface area contributed by atoms with Crippen molar-refractivity contribution >= 4 is 23.3 Å². The fraction of sp³-hybridized carbons (Fsp3) is 0.273. The zero-order valence-corrected chi connectivity index (χ0v) is 11.1. The van der Waals surface area contributed by atoms with Crippen molar-refractivity contribution in [2.24, 2.45) is 0 Å². The molecule has 1 N–H and O–H groups in total. The first-order valence-electron chi connectivity index (χ1n) is 5.59. The highest BCUT2D eigenvalue weighted by atomic mass is 16.6. The predicted octanol–water partition coefficient (Wildman–Crippen LogP) is 0.794. The summed E-state index contributed by atoms with van der Waals surface area (Å²) < 4.78 is 4.40. The summed E-state index contributed by atoms with van der Waals surface area (Å²) in [6.45, 7) is 1.33. The van der Waals surface area contributed by atoms with Crippen LogP contribution in [0.15, 0.2) is 18.2 Å². The molecule has 0 aliphatic rings. The standard InChI is InChI=1S/C11H11N3O7/c1-6(11(16)21-2)12-10(15)8-4-3-7(13(17)18)5-9(8)14(19)20/h3-6H,1-2H3,(H,12,15). The topological polar surface area (TPSA) is 142 Å². The highest BCUT2D eigenvalue weighted by Crippen LogP contribution is 2.24. The van der Waals surface area contributed by atoms with E-state index in [2.05, 4.69) is 10.1 Å². The van der Waals surface area contributed by atoms with Crippen LogP contribution < -0.4 is 5.32 Å². The summed E-state index contributed by atoms with van der Waals surface area (Å²) in [5.41, 5.74) is -1.63. The molecule has 0 spiro atoms. The Morgan fingerprint density at radius 3 is 2.33 bits per heavy atom. The van der Waals surface area contributed by atoms with Gasteiger partial charge in [0.15, 0.2) is 0 Å². The van der Waals surface area contributed by atoms with Crippen LogP contribution in [0, 0.1) is 20.2 Å². The van der Waals surface area contributed by atoms with Gasteiger partial charge in [-0.05, 0) is 13.0 Å². The average molecular weight is 297 g/mol.